The molecule has 1 N–H and O–H groups in total. The Balaban J connectivity index is 1.37. The van der Waals surface area contributed by atoms with Crippen LogP contribution in [0.15, 0.2) is 122 Å². The van der Waals surface area contributed by atoms with E-state index in [9.17, 15) is 8.78 Å². The number of methoxy groups -OCH3 is 1. The van der Waals surface area contributed by atoms with E-state index in [1.165, 1.54) is 4.57 Å². The molecule has 0 amide bonds. The number of rotatable bonds is 8. The molecule has 3 aromatic carbocycles. The standard InChI is InChI=1S/C31H25F2N5O2/c1-39-25-17-28(29-14-15-34-38(29)23-10-6-3-7-11-23)35-37(18-25)30-13-12-24(36-19-26(32)27(33)20-36)16-31(30)40-21-22-8-4-2-5-9-22/h2-20,35H,21H2,1H3. The summed E-state index contributed by atoms with van der Waals surface area (Å²) in [6, 6.07) is 26.8. The molecule has 0 saturated carbocycles. The molecule has 200 valence electrons. The monoisotopic (exact) mass is 537 g/mol. The lowest BCUT2D eigenvalue weighted by atomic mass is 10.2. The molecular formula is C31H25F2N5O2. The first-order chi connectivity index (χ1) is 19.6. The number of hydrogen-bond acceptors (Lipinski definition) is 5. The number of nitrogens with one attached hydrogen (secondary N) is 1. The Bertz CT molecular complexity index is 1670. The Morgan fingerprint density at radius 1 is 0.850 bits per heavy atom. The maximum Gasteiger partial charge on any atom is 0.176 e. The molecule has 1 aliphatic heterocycles. The van der Waals surface area contributed by atoms with Crippen molar-refractivity contribution < 1.29 is 18.3 Å². The summed E-state index contributed by atoms with van der Waals surface area (Å²) in [5.74, 6) is -0.757. The van der Waals surface area contributed by atoms with Gasteiger partial charge in [0.25, 0.3) is 0 Å². The summed E-state index contributed by atoms with van der Waals surface area (Å²) >= 11 is 0. The number of halogens is 2. The first-order valence-electron chi connectivity index (χ1n) is 12.6. The summed E-state index contributed by atoms with van der Waals surface area (Å²) in [6.45, 7) is 0.295. The minimum atomic E-state index is -0.925. The number of hydrazine groups is 1. The van der Waals surface area contributed by atoms with Crippen molar-refractivity contribution in [3.63, 3.8) is 0 Å². The van der Waals surface area contributed by atoms with Crippen molar-refractivity contribution in [2.24, 2.45) is 0 Å². The summed E-state index contributed by atoms with van der Waals surface area (Å²) in [5.41, 5.74) is 8.09. The normalized spacial score (nSPS) is 12.9. The molecule has 5 aromatic rings. The number of benzene rings is 3. The fraction of sp³-hybridized carbons (Fsp3) is 0.0645. The molecular weight excluding hydrogens is 512 g/mol. The van der Waals surface area contributed by atoms with Gasteiger partial charge in [-0.1, -0.05) is 48.5 Å². The third-order valence-corrected chi connectivity index (χ3v) is 6.41. The minimum absolute atomic E-state index is 0.295. The lowest BCUT2D eigenvalue weighted by molar-refractivity contribution is 0.301. The number of hydrogen-bond donors (Lipinski definition) is 1. The van der Waals surface area contributed by atoms with E-state index in [4.69, 9.17) is 9.47 Å². The van der Waals surface area contributed by atoms with Gasteiger partial charge in [-0.15, -0.1) is 0 Å². The van der Waals surface area contributed by atoms with Crippen LogP contribution in [0.2, 0.25) is 0 Å². The summed E-state index contributed by atoms with van der Waals surface area (Å²) < 4.78 is 42.7. The Morgan fingerprint density at radius 3 is 2.30 bits per heavy atom. The summed E-state index contributed by atoms with van der Waals surface area (Å²) in [4.78, 5) is 0. The fourth-order valence-electron chi connectivity index (χ4n) is 4.42. The molecule has 7 nitrogen and oxygen atoms in total. The highest BCUT2D eigenvalue weighted by Gasteiger charge is 2.22. The second-order valence-electron chi connectivity index (χ2n) is 9.03. The maximum atomic E-state index is 13.8. The SMILES string of the molecule is COC1=CN(c2ccc(-n3cc(F)c(F)c3)cc2OCc2ccccc2)NC(c2ccnn2-c2ccccc2)=C1. The average Bonchev–Trinajstić information content (AvgIpc) is 3.63. The number of ether oxygens (including phenoxy) is 2. The van der Waals surface area contributed by atoms with E-state index >= 15 is 0 Å². The van der Waals surface area contributed by atoms with E-state index in [0.717, 1.165) is 35.0 Å². The van der Waals surface area contributed by atoms with Crippen molar-refractivity contribution in [3.8, 4) is 17.1 Å². The maximum absolute atomic E-state index is 13.8. The third-order valence-electron chi connectivity index (χ3n) is 6.41. The highest BCUT2D eigenvalue weighted by molar-refractivity contribution is 5.73. The fourth-order valence-corrected chi connectivity index (χ4v) is 4.42. The van der Waals surface area contributed by atoms with E-state index in [2.05, 4.69) is 10.5 Å². The molecule has 0 bridgehead atoms. The van der Waals surface area contributed by atoms with Crippen LogP contribution in [-0.2, 0) is 11.3 Å². The van der Waals surface area contributed by atoms with E-state index in [-0.39, 0.29) is 0 Å². The second-order valence-corrected chi connectivity index (χ2v) is 9.03. The molecule has 0 atom stereocenters. The molecule has 0 unspecified atom stereocenters. The minimum Gasteiger partial charge on any atom is -0.495 e. The zero-order chi connectivity index (χ0) is 27.5. The van der Waals surface area contributed by atoms with Gasteiger partial charge in [-0.05, 0) is 35.9 Å². The van der Waals surface area contributed by atoms with Gasteiger partial charge in [0.05, 0.1) is 36.6 Å². The Kier molecular flexibility index (Phi) is 6.76. The van der Waals surface area contributed by atoms with Crippen LogP contribution in [0.5, 0.6) is 5.75 Å². The molecule has 0 fully saturated rings. The van der Waals surface area contributed by atoms with Crippen molar-refractivity contribution in [2.45, 2.75) is 6.61 Å². The molecule has 3 heterocycles. The van der Waals surface area contributed by atoms with Gasteiger partial charge in [-0.25, -0.2) is 13.5 Å². The smallest absolute Gasteiger partial charge is 0.176 e. The van der Waals surface area contributed by atoms with Crippen LogP contribution >= 0.6 is 0 Å². The van der Waals surface area contributed by atoms with Gasteiger partial charge in [0, 0.05) is 30.2 Å². The Morgan fingerprint density at radius 2 is 1.57 bits per heavy atom. The zero-order valence-electron chi connectivity index (χ0n) is 21.5. The van der Waals surface area contributed by atoms with Crippen molar-refractivity contribution in [1.29, 1.82) is 0 Å². The van der Waals surface area contributed by atoms with Crippen LogP contribution in [0.4, 0.5) is 14.5 Å². The van der Waals surface area contributed by atoms with Crippen LogP contribution in [0.1, 0.15) is 11.3 Å². The molecule has 6 rings (SSSR count). The molecule has 2 aromatic heterocycles. The lowest BCUT2D eigenvalue weighted by Gasteiger charge is -2.30. The largest absolute Gasteiger partial charge is 0.495 e. The van der Waals surface area contributed by atoms with E-state index in [0.29, 0.717) is 29.5 Å². The first kappa shape index (κ1) is 25.0. The molecule has 9 heteroatoms. The highest BCUT2D eigenvalue weighted by Crippen LogP contribution is 2.34. The zero-order valence-corrected chi connectivity index (χ0v) is 21.5. The number of allylic oxidation sites excluding steroid dienone is 1. The van der Waals surface area contributed by atoms with Gasteiger partial charge < -0.3 is 14.0 Å². The van der Waals surface area contributed by atoms with Crippen LogP contribution < -0.4 is 15.2 Å². The Hall–Kier alpha value is -5.31. The Labute approximate surface area is 229 Å². The van der Waals surface area contributed by atoms with Gasteiger partial charge in [0.2, 0.25) is 0 Å². The van der Waals surface area contributed by atoms with E-state index in [1.54, 1.807) is 36.6 Å². The molecule has 0 radical (unpaired) electrons. The van der Waals surface area contributed by atoms with Crippen LogP contribution in [0, 0.1) is 11.6 Å². The van der Waals surface area contributed by atoms with Crippen molar-refractivity contribution >= 4 is 11.4 Å². The molecule has 0 spiro atoms. The number of aromatic nitrogens is 3. The highest BCUT2D eigenvalue weighted by atomic mass is 19.2. The van der Waals surface area contributed by atoms with Crippen LogP contribution in [-0.4, -0.2) is 21.5 Å². The van der Waals surface area contributed by atoms with Gasteiger partial charge in [-0.2, -0.15) is 5.10 Å². The average molecular weight is 538 g/mol. The van der Waals surface area contributed by atoms with Crippen molar-refractivity contribution in [2.75, 3.05) is 12.1 Å². The topological polar surface area (TPSA) is 56.5 Å². The van der Waals surface area contributed by atoms with Gasteiger partial charge in [0.15, 0.2) is 11.6 Å². The van der Waals surface area contributed by atoms with E-state index < -0.39 is 11.6 Å². The second kappa shape index (κ2) is 10.8. The third kappa shape index (κ3) is 5.04. The van der Waals surface area contributed by atoms with Gasteiger partial charge >= 0.3 is 0 Å². The number of para-hydroxylation sites is 1. The lowest BCUT2D eigenvalue weighted by Crippen LogP contribution is -2.36. The van der Waals surface area contributed by atoms with Crippen molar-refractivity contribution in [1.82, 2.24) is 19.8 Å². The molecule has 0 aliphatic carbocycles. The first-order valence-corrected chi connectivity index (χ1v) is 12.6. The van der Waals surface area contributed by atoms with Crippen LogP contribution in [0.3, 0.4) is 0 Å². The van der Waals surface area contributed by atoms with Gasteiger partial charge in [-0.3, -0.25) is 10.4 Å². The summed E-state index contributed by atoms with van der Waals surface area (Å²) in [5, 5.41) is 6.30. The number of anilines is 1. The van der Waals surface area contributed by atoms with Crippen molar-refractivity contribution in [3.05, 3.63) is 144 Å². The van der Waals surface area contributed by atoms with Crippen LogP contribution in [0.25, 0.3) is 17.1 Å². The predicted molar refractivity (Wildman–Crippen MR) is 149 cm³/mol. The summed E-state index contributed by atoms with van der Waals surface area (Å²) in [6.07, 6.45) is 7.61. The molecule has 40 heavy (non-hydrogen) atoms. The quantitative estimate of drug-likeness (QED) is 0.249. The van der Waals surface area contributed by atoms with Gasteiger partial charge in [0.1, 0.15) is 23.8 Å². The van der Waals surface area contributed by atoms with E-state index in [1.807, 2.05) is 83.6 Å². The summed E-state index contributed by atoms with van der Waals surface area (Å²) in [7, 11) is 1.60. The number of nitrogens with zero attached hydrogens (tertiary/aromatic N) is 4. The molecule has 1 aliphatic rings. The molecule has 0 saturated heterocycles. The predicted octanol–water partition coefficient (Wildman–Crippen LogP) is 6.37.